The van der Waals surface area contributed by atoms with Crippen molar-refractivity contribution < 1.29 is 39.0 Å². The van der Waals surface area contributed by atoms with E-state index in [0.717, 1.165) is 11.5 Å². The highest BCUT2D eigenvalue weighted by atomic mass is 32.2. The standard InChI is InChI=1S/2C5H11NO2S.H3O4P/c2*1-9-3-2-4(6)5(7)8;1-5(2,3)4/h2*4H,2-3,6H2,1H3,(H,7,8);(H3,1,2,3,4)/t2*4-;/m00./s1. The molecule has 0 heterocycles. The fourth-order valence-electron chi connectivity index (χ4n) is 0.737. The minimum Gasteiger partial charge on any atom is -0.480 e. The van der Waals surface area contributed by atoms with Crippen molar-refractivity contribution in [3.8, 4) is 0 Å². The van der Waals surface area contributed by atoms with E-state index in [9.17, 15) is 9.59 Å². The van der Waals surface area contributed by atoms with E-state index in [2.05, 4.69) is 0 Å². The summed E-state index contributed by atoms with van der Waals surface area (Å²) in [5.74, 6) is -0.200. The van der Waals surface area contributed by atoms with Crippen LogP contribution < -0.4 is 11.5 Å². The Morgan fingerprint density at radius 1 is 0.913 bits per heavy atom. The number of phosphoric acid groups is 1. The van der Waals surface area contributed by atoms with Crippen LogP contribution in [0.25, 0.3) is 0 Å². The summed E-state index contributed by atoms with van der Waals surface area (Å²) >= 11 is 3.21. The van der Waals surface area contributed by atoms with Crippen LogP contribution in [0.3, 0.4) is 0 Å². The van der Waals surface area contributed by atoms with E-state index in [1.165, 1.54) is 0 Å². The Hall–Kier alpha value is -0.330. The molecule has 0 aliphatic heterocycles. The highest BCUT2D eigenvalue weighted by molar-refractivity contribution is 7.98. The monoisotopic (exact) mass is 396 g/mol. The molecular weight excluding hydrogens is 371 g/mol. The average molecular weight is 396 g/mol. The number of hydrogen-bond acceptors (Lipinski definition) is 7. The topological polar surface area (TPSA) is 204 Å². The second-order valence-corrected chi connectivity index (χ2v) is 6.96. The van der Waals surface area contributed by atoms with Gasteiger partial charge in [-0.1, -0.05) is 0 Å². The number of hydrogen-bond donors (Lipinski definition) is 7. The van der Waals surface area contributed by atoms with Crippen molar-refractivity contribution in [2.24, 2.45) is 11.5 Å². The van der Waals surface area contributed by atoms with Gasteiger partial charge in [-0.25, -0.2) is 4.57 Å². The van der Waals surface area contributed by atoms with Crippen LogP contribution in [0.5, 0.6) is 0 Å². The Balaban J connectivity index is -0.000000273. The van der Waals surface area contributed by atoms with Crippen LogP contribution in [0.1, 0.15) is 12.8 Å². The van der Waals surface area contributed by atoms with Gasteiger partial charge in [-0.3, -0.25) is 9.59 Å². The maximum absolute atomic E-state index is 10.1. The zero-order valence-corrected chi connectivity index (χ0v) is 15.4. The molecule has 10 nitrogen and oxygen atoms in total. The average Bonchev–Trinajstić information content (AvgIpc) is 2.40. The van der Waals surface area contributed by atoms with Gasteiger partial charge in [0, 0.05) is 0 Å². The summed E-state index contributed by atoms with van der Waals surface area (Å²) in [5, 5.41) is 16.5. The summed E-state index contributed by atoms with van der Waals surface area (Å²) in [6.45, 7) is 0. The summed E-state index contributed by atoms with van der Waals surface area (Å²) in [5.41, 5.74) is 10.4. The van der Waals surface area contributed by atoms with Crippen molar-refractivity contribution in [3.05, 3.63) is 0 Å². The Morgan fingerprint density at radius 3 is 1.26 bits per heavy atom. The molecule has 0 fully saturated rings. The van der Waals surface area contributed by atoms with Gasteiger partial charge in [0.1, 0.15) is 12.1 Å². The lowest BCUT2D eigenvalue weighted by molar-refractivity contribution is -0.139. The van der Waals surface area contributed by atoms with E-state index in [4.69, 9.17) is 40.9 Å². The lowest BCUT2D eigenvalue weighted by Crippen LogP contribution is -2.30. The zero-order chi connectivity index (χ0) is 19.1. The van der Waals surface area contributed by atoms with Gasteiger partial charge in [-0.2, -0.15) is 23.5 Å². The van der Waals surface area contributed by atoms with Gasteiger partial charge in [0.05, 0.1) is 0 Å². The van der Waals surface area contributed by atoms with E-state index < -0.39 is 31.8 Å². The second kappa shape index (κ2) is 16.5. The van der Waals surface area contributed by atoms with Crippen molar-refractivity contribution in [1.82, 2.24) is 0 Å². The SMILES string of the molecule is CSCC[C@H](N)C(=O)O.CSCC[C@H](N)C(=O)O.O=P(O)(O)O. The number of thioether (sulfide) groups is 2. The first-order chi connectivity index (χ1) is 10.4. The fraction of sp³-hybridized carbons (Fsp3) is 0.800. The van der Waals surface area contributed by atoms with Crippen molar-refractivity contribution in [2.45, 2.75) is 24.9 Å². The van der Waals surface area contributed by atoms with Gasteiger partial charge in [-0.15, -0.1) is 0 Å². The molecular formula is C10H25N2O8PS2. The molecule has 140 valence electrons. The summed E-state index contributed by atoms with van der Waals surface area (Å²) in [6, 6.07) is -1.37. The highest BCUT2D eigenvalue weighted by Gasteiger charge is 2.09. The lowest BCUT2D eigenvalue weighted by atomic mass is 10.2. The van der Waals surface area contributed by atoms with Crippen LogP contribution in [0.15, 0.2) is 0 Å². The van der Waals surface area contributed by atoms with E-state index in [1.54, 1.807) is 23.5 Å². The molecule has 0 aromatic heterocycles. The highest BCUT2D eigenvalue weighted by Crippen LogP contribution is 2.25. The molecule has 0 aromatic rings. The van der Waals surface area contributed by atoms with Gasteiger partial charge in [0.25, 0.3) is 0 Å². The maximum atomic E-state index is 10.1. The first-order valence-corrected chi connectivity index (χ1v) is 10.4. The molecule has 0 aliphatic rings. The molecule has 0 amide bonds. The Morgan fingerprint density at radius 2 is 1.13 bits per heavy atom. The molecule has 0 rings (SSSR count). The smallest absolute Gasteiger partial charge is 0.466 e. The molecule has 2 atom stereocenters. The third-order valence-corrected chi connectivity index (χ3v) is 3.19. The van der Waals surface area contributed by atoms with Crippen LogP contribution in [-0.4, -0.2) is 72.9 Å². The first-order valence-electron chi connectivity index (χ1n) is 6.09. The van der Waals surface area contributed by atoms with Crippen LogP contribution >= 0.6 is 31.3 Å². The molecule has 0 aliphatic carbocycles. The Bertz CT molecular complexity index is 337. The number of rotatable bonds is 8. The van der Waals surface area contributed by atoms with E-state index in [0.29, 0.717) is 12.8 Å². The molecule has 0 aromatic carbocycles. The summed E-state index contributed by atoms with van der Waals surface area (Å²) in [4.78, 5) is 41.7. The largest absolute Gasteiger partial charge is 0.480 e. The molecule has 9 N–H and O–H groups in total. The van der Waals surface area contributed by atoms with Crippen molar-refractivity contribution in [3.63, 3.8) is 0 Å². The zero-order valence-electron chi connectivity index (χ0n) is 12.9. The number of carboxylic acid groups (broad SMARTS) is 2. The van der Waals surface area contributed by atoms with Gasteiger partial charge in [0.2, 0.25) is 0 Å². The van der Waals surface area contributed by atoms with Crippen molar-refractivity contribution in [1.29, 1.82) is 0 Å². The van der Waals surface area contributed by atoms with E-state index >= 15 is 0 Å². The maximum Gasteiger partial charge on any atom is 0.466 e. The summed E-state index contributed by atoms with van der Waals surface area (Å²) < 4.78 is 8.88. The van der Waals surface area contributed by atoms with Crippen LogP contribution in [-0.2, 0) is 14.2 Å². The molecule has 0 radical (unpaired) electrons. The van der Waals surface area contributed by atoms with Crippen molar-refractivity contribution >= 4 is 43.3 Å². The van der Waals surface area contributed by atoms with E-state index in [1.807, 2.05) is 12.5 Å². The molecule has 0 saturated heterocycles. The van der Waals surface area contributed by atoms with Crippen molar-refractivity contribution in [2.75, 3.05) is 24.0 Å². The summed E-state index contributed by atoms with van der Waals surface area (Å²) in [6.07, 6.45) is 4.95. The molecule has 23 heavy (non-hydrogen) atoms. The normalized spacial score (nSPS) is 12.8. The van der Waals surface area contributed by atoms with Gasteiger partial charge in [0.15, 0.2) is 0 Å². The quantitative estimate of drug-likeness (QED) is 0.256. The molecule has 13 heteroatoms. The number of carboxylic acids is 2. The van der Waals surface area contributed by atoms with Crippen LogP contribution in [0.4, 0.5) is 0 Å². The lowest BCUT2D eigenvalue weighted by Gasteiger charge is -2.02. The Kier molecular flexibility index (Phi) is 19.8. The van der Waals surface area contributed by atoms with Gasteiger partial charge in [-0.05, 0) is 36.9 Å². The molecule has 0 unspecified atom stereocenters. The molecule has 0 saturated carbocycles. The first kappa shape index (κ1) is 27.5. The second-order valence-electron chi connectivity index (χ2n) is 3.97. The Labute approximate surface area is 143 Å². The van der Waals surface area contributed by atoms with Crippen LogP contribution in [0, 0.1) is 0 Å². The molecule has 0 bridgehead atoms. The fourth-order valence-corrected chi connectivity index (χ4v) is 1.72. The van der Waals surface area contributed by atoms with Crippen LogP contribution in [0.2, 0.25) is 0 Å². The third-order valence-electron chi connectivity index (χ3n) is 1.90. The predicted octanol–water partition coefficient (Wildman–Crippen LogP) is -0.626. The number of carbonyl (C=O) groups is 2. The van der Waals surface area contributed by atoms with Gasteiger partial charge >= 0.3 is 19.8 Å². The predicted molar refractivity (Wildman–Crippen MR) is 91.5 cm³/mol. The number of aliphatic carboxylic acids is 2. The van der Waals surface area contributed by atoms with Gasteiger partial charge < -0.3 is 36.4 Å². The number of nitrogens with two attached hydrogens (primary N) is 2. The minimum absolute atomic E-state index is 0.552. The third kappa shape index (κ3) is 34.1. The molecule has 0 spiro atoms. The summed E-state index contributed by atoms with van der Waals surface area (Å²) in [7, 11) is -4.64. The van der Waals surface area contributed by atoms with E-state index in [-0.39, 0.29) is 0 Å². The minimum atomic E-state index is -4.64.